The predicted molar refractivity (Wildman–Crippen MR) is 91.1 cm³/mol. The highest BCUT2D eigenvalue weighted by Crippen LogP contribution is 2.13. The molecular formula is C20H20O3. The van der Waals surface area contributed by atoms with Crippen molar-refractivity contribution >= 4 is 0 Å². The lowest BCUT2D eigenvalue weighted by molar-refractivity contribution is 0.107. The summed E-state index contributed by atoms with van der Waals surface area (Å²) in [5, 5.41) is 17.3. The van der Waals surface area contributed by atoms with Gasteiger partial charge in [-0.05, 0) is 35.4 Å². The molecule has 3 heteroatoms. The lowest BCUT2D eigenvalue weighted by Crippen LogP contribution is -1.93. The molecule has 0 fully saturated rings. The minimum absolute atomic E-state index is 0.169. The Morgan fingerprint density at radius 2 is 0.870 bits per heavy atom. The van der Waals surface area contributed by atoms with Crippen LogP contribution >= 0.6 is 0 Å². The van der Waals surface area contributed by atoms with E-state index in [-0.39, 0.29) is 11.5 Å². The van der Waals surface area contributed by atoms with E-state index >= 15 is 0 Å². The summed E-state index contributed by atoms with van der Waals surface area (Å²) in [6.07, 6.45) is 0. The first-order valence-corrected chi connectivity index (χ1v) is 7.37. The van der Waals surface area contributed by atoms with Gasteiger partial charge in [0.05, 0.1) is 13.2 Å². The zero-order valence-corrected chi connectivity index (χ0v) is 12.8. The largest absolute Gasteiger partial charge is 0.508 e. The minimum Gasteiger partial charge on any atom is -0.508 e. The monoisotopic (exact) mass is 308 g/mol. The van der Waals surface area contributed by atoms with Crippen molar-refractivity contribution in [2.24, 2.45) is 0 Å². The van der Waals surface area contributed by atoms with Gasteiger partial charge in [0.25, 0.3) is 0 Å². The van der Waals surface area contributed by atoms with Crippen molar-refractivity contribution in [2.45, 2.75) is 13.2 Å². The smallest absolute Gasteiger partial charge is 0.115 e. The van der Waals surface area contributed by atoms with Crippen LogP contribution in [0.25, 0.3) is 0 Å². The van der Waals surface area contributed by atoms with E-state index in [0.717, 1.165) is 0 Å². The summed E-state index contributed by atoms with van der Waals surface area (Å²) in [5.41, 5.74) is 2.43. The fourth-order valence-corrected chi connectivity index (χ4v) is 1.89. The second-order valence-corrected chi connectivity index (χ2v) is 4.98. The molecule has 0 aliphatic rings. The van der Waals surface area contributed by atoms with Crippen LogP contribution in [0, 0.1) is 0 Å². The number of rotatable bonds is 4. The summed E-state index contributed by atoms with van der Waals surface area (Å²) in [7, 11) is 0. The van der Waals surface area contributed by atoms with Crippen molar-refractivity contribution in [3.05, 3.63) is 96.1 Å². The topological polar surface area (TPSA) is 49.7 Å². The van der Waals surface area contributed by atoms with E-state index in [0.29, 0.717) is 13.2 Å². The van der Waals surface area contributed by atoms with Crippen LogP contribution in [0.5, 0.6) is 11.5 Å². The zero-order chi connectivity index (χ0) is 16.3. The quantitative estimate of drug-likeness (QED) is 0.698. The minimum atomic E-state index is 0.169. The highest BCUT2D eigenvalue weighted by atomic mass is 16.5. The van der Waals surface area contributed by atoms with Gasteiger partial charge in [-0.3, -0.25) is 0 Å². The van der Waals surface area contributed by atoms with Crippen LogP contribution in [0.15, 0.2) is 84.9 Å². The Bertz CT molecular complexity index is 604. The van der Waals surface area contributed by atoms with E-state index in [1.807, 2.05) is 36.4 Å². The van der Waals surface area contributed by atoms with E-state index in [9.17, 15) is 0 Å². The molecule has 3 aromatic carbocycles. The Balaban J connectivity index is 0.000000203. The van der Waals surface area contributed by atoms with E-state index in [1.54, 1.807) is 0 Å². The van der Waals surface area contributed by atoms with Gasteiger partial charge in [0, 0.05) is 0 Å². The molecule has 3 aromatic rings. The van der Waals surface area contributed by atoms with Gasteiger partial charge in [-0.15, -0.1) is 0 Å². The van der Waals surface area contributed by atoms with Crippen LogP contribution in [0.1, 0.15) is 11.1 Å². The number of benzene rings is 3. The molecule has 23 heavy (non-hydrogen) atoms. The predicted octanol–water partition coefficient (Wildman–Crippen LogP) is 4.50. The second-order valence-electron chi connectivity index (χ2n) is 4.98. The summed E-state index contributed by atoms with van der Waals surface area (Å²) >= 11 is 0. The van der Waals surface area contributed by atoms with Crippen LogP contribution in [0.3, 0.4) is 0 Å². The van der Waals surface area contributed by atoms with Gasteiger partial charge in [0.2, 0.25) is 0 Å². The lowest BCUT2D eigenvalue weighted by Gasteiger charge is -2.03. The van der Waals surface area contributed by atoms with Crippen molar-refractivity contribution < 1.29 is 14.9 Å². The molecule has 0 bridgehead atoms. The fraction of sp³-hybridized carbons (Fsp3) is 0.100. The SMILES string of the molecule is Oc1ccc(O)cc1.c1ccc(COCc2ccccc2)cc1. The first-order chi connectivity index (χ1) is 11.2. The molecule has 0 spiro atoms. The number of phenolic OH excluding ortho intramolecular Hbond substituents is 2. The number of aromatic hydroxyl groups is 2. The van der Waals surface area contributed by atoms with Gasteiger partial charge in [-0.1, -0.05) is 60.7 Å². The molecule has 0 radical (unpaired) electrons. The number of ether oxygens (including phenoxy) is 1. The van der Waals surface area contributed by atoms with Gasteiger partial charge in [-0.2, -0.15) is 0 Å². The van der Waals surface area contributed by atoms with Crippen molar-refractivity contribution in [2.75, 3.05) is 0 Å². The Hall–Kier alpha value is -2.78. The molecule has 3 rings (SSSR count). The molecule has 3 nitrogen and oxygen atoms in total. The fourth-order valence-electron chi connectivity index (χ4n) is 1.89. The molecule has 2 N–H and O–H groups in total. The van der Waals surface area contributed by atoms with Gasteiger partial charge in [0.1, 0.15) is 11.5 Å². The third-order valence-corrected chi connectivity index (χ3v) is 3.07. The molecule has 0 aliphatic carbocycles. The van der Waals surface area contributed by atoms with Crippen molar-refractivity contribution in [3.63, 3.8) is 0 Å². The van der Waals surface area contributed by atoms with Crippen LogP contribution in [-0.2, 0) is 18.0 Å². The van der Waals surface area contributed by atoms with Gasteiger partial charge < -0.3 is 14.9 Å². The first-order valence-electron chi connectivity index (χ1n) is 7.37. The third kappa shape index (κ3) is 6.68. The van der Waals surface area contributed by atoms with Crippen LogP contribution in [0.4, 0.5) is 0 Å². The van der Waals surface area contributed by atoms with E-state index in [1.165, 1.54) is 35.4 Å². The number of phenols is 2. The zero-order valence-electron chi connectivity index (χ0n) is 12.8. The Morgan fingerprint density at radius 3 is 1.22 bits per heavy atom. The molecule has 0 saturated heterocycles. The summed E-state index contributed by atoms with van der Waals surface area (Å²) in [5.74, 6) is 0.339. The Labute approximate surface area is 136 Å². The van der Waals surface area contributed by atoms with Crippen LogP contribution in [-0.4, -0.2) is 10.2 Å². The maximum Gasteiger partial charge on any atom is 0.115 e. The summed E-state index contributed by atoms with van der Waals surface area (Å²) in [6, 6.07) is 26.1. The lowest BCUT2D eigenvalue weighted by atomic mass is 10.2. The second kappa shape index (κ2) is 9.28. The van der Waals surface area contributed by atoms with E-state index in [4.69, 9.17) is 14.9 Å². The normalized spacial score (nSPS) is 9.74. The molecular weight excluding hydrogens is 288 g/mol. The average Bonchev–Trinajstić information content (AvgIpc) is 2.60. The average molecular weight is 308 g/mol. The Kier molecular flexibility index (Phi) is 6.69. The highest BCUT2D eigenvalue weighted by molar-refractivity contribution is 5.28. The van der Waals surface area contributed by atoms with Crippen molar-refractivity contribution in [3.8, 4) is 11.5 Å². The highest BCUT2D eigenvalue weighted by Gasteiger charge is 1.93. The molecule has 0 aromatic heterocycles. The van der Waals surface area contributed by atoms with Gasteiger partial charge in [-0.25, -0.2) is 0 Å². The van der Waals surface area contributed by atoms with E-state index in [2.05, 4.69) is 24.3 Å². The van der Waals surface area contributed by atoms with Gasteiger partial charge >= 0.3 is 0 Å². The molecule has 0 unspecified atom stereocenters. The standard InChI is InChI=1S/C14H14O.C6H6O2/c1-3-7-13(8-4-1)11-15-12-14-9-5-2-6-10-14;7-5-1-2-6(8)4-3-5/h1-10H,11-12H2;1-4,7-8H. The Morgan fingerprint density at radius 1 is 0.522 bits per heavy atom. The van der Waals surface area contributed by atoms with E-state index < -0.39 is 0 Å². The number of hydrogen-bond donors (Lipinski definition) is 2. The first kappa shape index (κ1) is 16.6. The maximum atomic E-state index is 8.65. The molecule has 0 amide bonds. The molecule has 118 valence electrons. The third-order valence-electron chi connectivity index (χ3n) is 3.07. The summed E-state index contributed by atoms with van der Waals surface area (Å²) < 4.78 is 5.61. The van der Waals surface area contributed by atoms with Crippen LogP contribution in [0.2, 0.25) is 0 Å². The molecule has 0 heterocycles. The van der Waals surface area contributed by atoms with Crippen LogP contribution < -0.4 is 0 Å². The number of hydrogen-bond acceptors (Lipinski definition) is 3. The maximum absolute atomic E-state index is 8.65. The molecule has 0 atom stereocenters. The van der Waals surface area contributed by atoms with Crippen molar-refractivity contribution in [1.82, 2.24) is 0 Å². The van der Waals surface area contributed by atoms with Crippen molar-refractivity contribution in [1.29, 1.82) is 0 Å². The molecule has 0 saturated carbocycles. The summed E-state index contributed by atoms with van der Waals surface area (Å²) in [6.45, 7) is 1.35. The molecule has 0 aliphatic heterocycles. The summed E-state index contributed by atoms with van der Waals surface area (Å²) in [4.78, 5) is 0. The van der Waals surface area contributed by atoms with Gasteiger partial charge in [0.15, 0.2) is 0 Å².